The molecule has 0 aliphatic heterocycles. The zero-order valence-electron chi connectivity index (χ0n) is 14.5. The van der Waals surface area contributed by atoms with Crippen LogP contribution in [0.4, 0.5) is 4.79 Å². The fourth-order valence-electron chi connectivity index (χ4n) is 3.28. The van der Waals surface area contributed by atoms with Gasteiger partial charge in [-0.05, 0) is 40.7 Å². The molecular weight excluding hydrogens is 366 g/mol. The molecule has 0 unspecified atom stereocenters. The molecule has 0 saturated carbocycles. The van der Waals surface area contributed by atoms with Crippen molar-refractivity contribution in [3.8, 4) is 11.1 Å². The molecule has 1 aliphatic carbocycles. The molecule has 136 valence electrons. The lowest BCUT2D eigenvalue weighted by atomic mass is 9.98. The van der Waals surface area contributed by atoms with Crippen LogP contribution in [0.2, 0.25) is 0 Å². The van der Waals surface area contributed by atoms with Gasteiger partial charge in [0.15, 0.2) is 0 Å². The normalized spacial score (nSPS) is 13.6. The molecule has 0 aromatic heterocycles. The summed E-state index contributed by atoms with van der Waals surface area (Å²) in [6, 6.07) is 15.7. The highest BCUT2D eigenvalue weighted by molar-refractivity contribution is 7.98. The minimum Gasteiger partial charge on any atom is -0.449 e. The van der Waals surface area contributed by atoms with Crippen molar-refractivity contribution in [2.75, 3.05) is 18.6 Å². The minimum absolute atomic E-state index is 0.00417. The van der Waals surface area contributed by atoms with E-state index in [4.69, 9.17) is 4.74 Å². The summed E-state index contributed by atoms with van der Waals surface area (Å²) in [6.07, 6.45) is 1.90. The molecule has 3 rings (SSSR count). The highest BCUT2D eigenvalue weighted by atomic mass is 32.2. The monoisotopic (exact) mass is 387 g/mol. The fraction of sp³-hybridized carbons (Fsp3) is 0.300. The average Bonchev–Trinajstić information content (AvgIpc) is 2.97. The third-order valence-electron chi connectivity index (χ3n) is 4.54. The Morgan fingerprint density at radius 2 is 1.69 bits per heavy atom. The number of alkyl carbamates (subject to hydrolysis) is 1. The van der Waals surface area contributed by atoms with Gasteiger partial charge in [-0.1, -0.05) is 48.5 Å². The van der Waals surface area contributed by atoms with Gasteiger partial charge in [-0.3, -0.25) is 4.79 Å². The second-order valence-corrected chi connectivity index (χ2v) is 7.57. The predicted octanol–water partition coefficient (Wildman–Crippen LogP) is 4.10. The van der Waals surface area contributed by atoms with Gasteiger partial charge in [-0.2, -0.15) is 11.8 Å². The molecule has 6 heteroatoms. The third kappa shape index (κ3) is 4.07. The molecular formula is C20H21NO3S2. The number of thioether (sulfide) groups is 1. The molecule has 4 nitrogen and oxygen atoms in total. The van der Waals surface area contributed by atoms with E-state index in [1.54, 1.807) is 11.8 Å². The van der Waals surface area contributed by atoms with E-state index in [0.29, 0.717) is 6.42 Å². The van der Waals surface area contributed by atoms with Crippen molar-refractivity contribution in [3.63, 3.8) is 0 Å². The van der Waals surface area contributed by atoms with E-state index in [1.165, 1.54) is 11.1 Å². The zero-order valence-corrected chi connectivity index (χ0v) is 16.2. The molecule has 0 heterocycles. The van der Waals surface area contributed by atoms with Crippen LogP contribution in [0.5, 0.6) is 0 Å². The van der Waals surface area contributed by atoms with Crippen molar-refractivity contribution >= 4 is 35.6 Å². The molecule has 1 amide bonds. The number of hydrogen-bond donors (Lipinski definition) is 2. The molecule has 1 atom stereocenters. The number of ether oxygens (including phenoxy) is 1. The standard InChI is InChI=1S/C20H21NO3S2/c1-26-11-10-18(19(22)25)21-20(23)24-12-17-15-8-4-2-6-13(15)14-7-3-5-9-16(14)17/h2-9,17-18H,10-12H2,1H3,(H,21,23)(H,22,25)/t18-/m0/s1. The topological polar surface area (TPSA) is 55.4 Å². The lowest BCUT2D eigenvalue weighted by Crippen LogP contribution is -2.40. The number of benzene rings is 2. The largest absolute Gasteiger partial charge is 0.449 e. The molecule has 0 radical (unpaired) electrons. The van der Waals surface area contributed by atoms with E-state index in [1.807, 2.05) is 30.5 Å². The number of amides is 1. The quantitative estimate of drug-likeness (QED) is 0.702. The first-order valence-corrected chi connectivity index (χ1v) is 10.3. The Morgan fingerprint density at radius 1 is 1.12 bits per heavy atom. The number of nitrogens with one attached hydrogen (secondary N) is 1. The molecule has 2 aromatic carbocycles. The van der Waals surface area contributed by atoms with Crippen LogP contribution in [0.3, 0.4) is 0 Å². The number of fused-ring (bicyclic) bond motifs is 3. The molecule has 0 saturated heterocycles. The van der Waals surface area contributed by atoms with Gasteiger partial charge in [0.05, 0.1) is 0 Å². The van der Waals surface area contributed by atoms with Gasteiger partial charge in [0.1, 0.15) is 12.6 Å². The van der Waals surface area contributed by atoms with Crippen molar-refractivity contribution in [1.82, 2.24) is 5.32 Å². The summed E-state index contributed by atoms with van der Waals surface area (Å²) >= 11 is 5.47. The van der Waals surface area contributed by atoms with E-state index in [-0.39, 0.29) is 17.6 Å². The summed E-state index contributed by atoms with van der Waals surface area (Å²) in [5, 5.41) is 2.27. The first-order valence-electron chi connectivity index (χ1n) is 8.45. The smallest absolute Gasteiger partial charge is 0.407 e. The molecule has 1 aliphatic rings. The van der Waals surface area contributed by atoms with Crippen LogP contribution >= 0.6 is 24.4 Å². The van der Waals surface area contributed by atoms with Gasteiger partial charge < -0.3 is 10.1 Å². The zero-order chi connectivity index (χ0) is 18.5. The Kier molecular flexibility index (Phi) is 6.27. The minimum atomic E-state index is -0.624. The van der Waals surface area contributed by atoms with E-state index < -0.39 is 12.1 Å². The van der Waals surface area contributed by atoms with Crippen molar-refractivity contribution in [2.24, 2.45) is 0 Å². The summed E-state index contributed by atoms with van der Waals surface area (Å²) in [5.41, 5.74) is 4.68. The summed E-state index contributed by atoms with van der Waals surface area (Å²) in [6.45, 7) is 0.232. The van der Waals surface area contributed by atoms with Gasteiger partial charge in [-0.15, -0.1) is 12.6 Å². The molecule has 0 bridgehead atoms. The number of carbonyl (C=O) groups is 2. The van der Waals surface area contributed by atoms with Gasteiger partial charge in [-0.25, -0.2) is 4.79 Å². The molecule has 1 N–H and O–H groups in total. The van der Waals surface area contributed by atoms with E-state index in [9.17, 15) is 9.59 Å². The van der Waals surface area contributed by atoms with Crippen molar-refractivity contribution < 1.29 is 14.3 Å². The second kappa shape index (κ2) is 8.64. The summed E-state index contributed by atoms with van der Waals surface area (Å²) in [7, 11) is 0. The summed E-state index contributed by atoms with van der Waals surface area (Å²) < 4.78 is 5.46. The van der Waals surface area contributed by atoms with Gasteiger partial charge in [0, 0.05) is 5.92 Å². The molecule has 2 aromatic rings. The summed E-state index contributed by atoms with van der Waals surface area (Å²) in [5.74, 6) is 0.769. The number of carbonyl (C=O) groups excluding carboxylic acids is 2. The van der Waals surface area contributed by atoms with Crippen molar-refractivity contribution in [3.05, 3.63) is 59.7 Å². The van der Waals surface area contributed by atoms with Crippen molar-refractivity contribution in [1.29, 1.82) is 0 Å². The van der Waals surface area contributed by atoms with E-state index in [2.05, 4.69) is 42.2 Å². The maximum absolute atomic E-state index is 12.2. The summed E-state index contributed by atoms with van der Waals surface area (Å²) in [4.78, 5) is 23.7. The highest BCUT2D eigenvalue weighted by Gasteiger charge is 2.29. The maximum atomic E-state index is 12.2. The Labute approximate surface area is 163 Å². The molecule has 0 fully saturated rings. The average molecular weight is 388 g/mol. The Bertz CT molecular complexity index is 764. The Morgan fingerprint density at radius 3 is 2.23 bits per heavy atom. The highest BCUT2D eigenvalue weighted by Crippen LogP contribution is 2.44. The van der Waals surface area contributed by atoms with Gasteiger partial charge in [0.25, 0.3) is 0 Å². The molecule has 0 spiro atoms. The first kappa shape index (κ1) is 18.9. The third-order valence-corrected chi connectivity index (χ3v) is 5.50. The Balaban J connectivity index is 1.68. The van der Waals surface area contributed by atoms with Crippen LogP contribution in [-0.4, -0.2) is 35.9 Å². The van der Waals surface area contributed by atoms with Crippen LogP contribution in [0, 0.1) is 0 Å². The van der Waals surface area contributed by atoms with Crippen LogP contribution in [0.15, 0.2) is 48.5 Å². The second-order valence-electron chi connectivity index (χ2n) is 6.14. The number of rotatable bonds is 7. The fourth-order valence-corrected chi connectivity index (χ4v) is 3.94. The van der Waals surface area contributed by atoms with Crippen LogP contribution in [-0.2, 0) is 9.53 Å². The SMILES string of the molecule is CSCC[C@H](NC(=O)OCC1c2ccccc2-c2ccccc21)C(=O)S. The lowest BCUT2D eigenvalue weighted by molar-refractivity contribution is -0.112. The van der Waals surface area contributed by atoms with Gasteiger partial charge in [0.2, 0.25) is 5.12 Å². The predicted molar refractivity (Wildman–Crippen MR) is 109 cm³/mol. The number of thiol groups is 1. The van der Waals surface area contributed by atoms with Crippen LogP contribution in [0.25, 0.3) is 11.1 Å². The van der Waals surface area contributed by atoms with E-state index in [0.717, 1.165) is 16.9 Å². The molecule has 26 heavy (non-hydrogen) atoms. The van der Waals surface area contributed by atoms with E-state index >= 15 is 0 Å². The number of hydrogen-bond acceptors (Lipinski definition) is 4. The van der Waals surface area contributed by atoms with Crippen LogP contribution < -0.4 is 5.32 Å². The van der Waals surface area contributed by atoms with Gasteiger partial charge >= 0.3 is 6.09 Å². The van der Waals surface area contributed by atoms with Crippen molar-refractivity contribution in [2.45, 2.75) is 18.4 Å². The Hall–Kier alpha value is -1.92. The lowest BCUT2D eigenvalue weighted by Gasteiger charge is -2.17. The first-order chi connectivity index (χ1) is 12.6. The van der Waals surface area contributed by atoms with Crippen LogP contribution in [0.1, 0.15) is 23.5 Å². The maximum Gasteiger partial charge on any atom is 0.407 e.